The molecule has 0 bridgehead atoms. The average Bonchev–Trinajstić information content (AvgIpc) is 3.13. The van der Waals surface area contributed by atoms with Gasteiger partial charge in [0.15, 0.2) is 11.5 Å². The van der Waals surface area contributed by atoms with Crippen LogP contribution in [0.5, 0.6) is 11.5 Å². The Hall–Kier alpha value is -1.97. The first-order valence-corrected chi connectivity index (χ1v) is 6.57. The fraction of sp³-hybridized carbons (Fsp3) is 0.400. The lowest BCUT2D eigenvalue weighted by atomic mass is 10.1. The highest BCUT2D eigenvalue weighted by Crippen LogP contribution is 2.33. The number of rotatable bonds is 5. The number of nitrogens with zero attached hydrogens (tertiary/aromatic N) is 1. The van der Waals surface area contributed by atoms with Crippen LogP contribution in [0.3, 0.4) is 0 Å². The summed E-state index contributed by atoms with van der Waals surface area (Å²) in [5.74, 6) is 1.63. The van der Waals surface area contributed by atoms with Gasteiger partial charge in [-0.15, -0.1) is 6.58 Å². The minimum atomic E-state index is 0.154. The second-order valence-electron chi connectivity index (χ2n) is 4.93. The largest absolute Gasteiger partial charge is 0.454 e. The molecule has 0 aromatic heterocycles. The van der Waals surface area contributed by atoms with Crippen molar-refractivity contribution in [1.29, 1.82) is 0 Å². The smallest absolute Gasteiger partial charge is 0.231 e. The van der Waals surface area contributed by atoms with Gasteiger partial charge >= 0.3 is 0 Å². The molecule has 0 saturated heterocycles. The molecule has 0 spiro atoms. The van der Waals surface area contributed by atoms with Crippen molar-refractivity contribution < 1.29 is 14.3 Å². The van der Waals surface area contributed by atoms with E-state index in [9.17, 15) is 4.79 Å². The molecule has 0 radical (unpaired) electrons. The van der Waals surface area contributed by atoms with Crippen molar-refractivity contribution in [2.24, 2.45) is 0 Å². The van der Waals surface area contributed by atoms with Gasteiger partial charge in [-0.05, 0) is 30.5 Å². The molecule has 100 valence electrons. The lowest BCUT2D eigenvalue weighted by Crippen LogP contribution is -2.34. The first kappa shape index (κ1) is 12.1. The third-order valence-corrected chi connectivity index (χ3v) is 3.43. The van der Waals surface area contributed by atoms with E-state index in [0.717, 1.165) is 29.9 Å². The number of carbonyl (C=O) groups is 1. The summed E-state index contributed by atoms with van der Waals surface area (Å²) in [5, 5.41) is 0. The van der Waals surface area contributed by atoms with E-state index >= 15 is 0 Å². The Labute approximate surface area is 112 Å². The zero-order valence-corrected chi connectivity index (χ0v) is 10.8. The number of fused-ring (bicyclic) bond motifs is 1. The predicted octanol–water partition coefficient (Wildman–Crippen LogP) is 2.13. The average molecular weight is 259 g/mol. The van der Waals surface area contributed by atoms with E-state index in [4.69, 9.17) is 9.47 Å². The molecule has 1 amide bonds. The van der Waals surface area contributed by atoms with Gasteiger partial charge in [-0.25, -0.2) is 0 Å². The van der Waals surface area contributed by atoms with Gasteiger partial charge in [-0.1, -0.05) is 12.1 Å². The van der Waals surface area contributed by atoms with Crippen LogP contribution in [0.25, 0.3) is 0 Å². The lowest BCUT2D eigenvalue weighted by Gasteiger charge is -2.20. The summed E-state index contributed by atoms with van der Waals surface area (Å²) in [6.07, 6.45) is 4.41. The van der Waals surface area contributed by atoms with Crippen LogP contribution in [0.1, 0.15) is 18.4 Å². The molecule has 1 heterocycles. The highest BCUT2D eigenvalue weighted by atomic mass is 16.7. The Kier molecular flexibility index (Phi) is 3.15. The van der Waals surface area contributed by atoms with Crippen molar-refractivity contribution >= 4 is 5.91 Å². The third-order valence-electron chi connectivity index (χ3n) is 3.43. The zero-order chi connectivity index (χ0) is 13.2. The first-order chi connectivity index (χ1) is 9.28. The molecule has 1 aliphatic heterocycles. The quantitative estimate of drug-likeness (QED) is 0.760. The molecule has 19 heavy (non-hydrogen) atoms. The molecule has 0 N–H and O–H groups in total. The van der Waals surface area contributed by atoms with Crippen molar-refractivity contribution in [3.05, 3.63) is 36.4 Å². The predicted molar refractivity (Wildman–Crippen MR) is 71.2 cm³/mol. The summed E-state index contributed by atoms with van der Waals surface area (Å²) in [6.45, 7) is 4.61. The van der Waals surface area contributed by atoms with Crippen LogP contribution in [0, 0.1) is 0 Å². The minimum absolute atomic E-state index is 0.154. The summed E-state index contributed by atoms with van der Waals surface area (Å²) < 4.78 is 10.6. The van der Waals surface area contributed by atoms with Crippen molar-refractivity contribution in [3.8, 4) is 11.5 Å². The maximum Gasteiger partial charge on any atom is 0.231 e. The van der Waals surface area contributed by atoms with E-state index in [0.29, 0.717) is 19.0 Å². The van der Waals surface area contributed by atoms with Gasteiger partial charge in [-0.3, -0.25) is 4.79 Å². The maximum absolute atomic E-state index is 12.3. The first-order valence-electron chi connectivity index (χ1n) is 6.57. The Bertz CT molecular complexity index is 508. The fourth-order valence-electron chi connectivity index (χ4n) is 2.31. The summed E-state index contributed by atoms with van der Waals surface area (Å²) in [5.41, 5.74) is 0.962. The molecular weight excluding hydrogens is 242 g/mol. The van der Waals surface area contributed by atoms with Gasteiger partial charge in [0.25, 0.3) is 0 Å². The van der Waals surface area contributed by atoms with Crippen LogP contribution in [0.2, 0.25) is 0 Å². The zero-order valence-electron chi connectivity index (χ0n) is 10.8. The molecule has 1 fully saturated rings. The molecule has 1 saturated carbocycles. The SMILES string of the molecule is C=CCN(C(=O)Cc1ccc2c(c1)OCO2)C1CC1. The van der Waals surface area contributed by atoms with Crippen LogP contribution in [-0.4, -0.2) is 30.2 Å². The fourth-order valence-corrected chi connectivity index (χ4v) is 2.31. The number of ether oxygens (including phenoxy) is 2. The molecule has 2 aliphatic rings. The molecule has 1 aliphatic carbocycles. The Morgan fingerprint density at radius 2 is 2.16 bits per heavy atom. The van der Waals surface area contributed by atoms with E-state index in [1.165, 1.54) is 0 Å². The molecule has 0 atom stereocenters. The molecule has 4 nitrogen and oxygen atoms in total. The number of hydrogen-bond acceptors (Lipinski definition) is 3. The normalized spacial score (nSPS) is 16.2. The number of amides is 1. The second-order valence-corrected chi connectivity index (χ2v) is 4.93. The minimum Gasteiger partial charge on any atom is -0.454 e. The lowest BCUT2D eigenvalue weighted by molar-refractivity contribution is -0.130. The monoisotopic (exact) mass is 259 g/mol. The molecular formula is C15H17NO3. The summed E-state index contributed by atoms with van der Waals surface area (Å²) in [4.78, 5) is 14.2. The number of benzene rings is 1. The van der Waals surface area contributed by atoms with Crippen molar-refractivity contribution in [3.63, 3.8) is 0 Å². The van der Waals surface area contributed by atoms with Crippen molar-refractivity contribution in [2.75, 3.05) is 13.3 Å². The van der Waals surface area contributed by atoms with E-state index < -0.39 is 0 Å². The van der Waals surface area contributed by atoms with Crippen LogP contribution in [0.4, 0.5) is 0 Å². The van der Waals surface area contributed by atoms with Crippen molar-refractivity contribution in [1.82, 2.24) is 4.90 Å². The molecule has 0 unspecified atom stereocenters. The molecule has 3 rings (SSSR count). The topological polar surface area (TPSA) is 38.8 Å². The van der Waals surface area contributed by atoms with Crippen LogP contribution < -0.4 is 9.47 Å². The van der Waals surface area contributed by atoms with Crippen LogP contribution >= 0.6 is 0 Å². The van der Waals surface area contributed by atoms with E-state index in [1.807, 2.05) is 23.1 Å². The van der Waals surface area contributed by atoms with Gasteiger partial charge in [0, 0.05) is 12.6 Å². The Balaban J connectivity index is 1.69. The van der Waals surface area contributed by atoms with Crippen LogP contribution in [0.15, 0.2) is 30.9 Å². The number of carbonyl (C=O) groups excluding carboxylic acids is 1. The highest BCUT2D eigenvalue weighted by molar-refractivity contribution is 5.79. The molecule has 1 aromatic carbocycles. The van der Waals surface area contributed by atoms with Gasteiger partial charge in [0.05, 0.1) is 6.42 Å². The van der Waals surface area contributed by atoms with Crippen molar-refractivity contribution in [2.45, 2.75) is 25.3 Å². The summed E-state index contributed by atoms with van der Waals surface area (Å²) in [7, 11) is 0. The van der Waals surface area contributed by atoms with Crippen LogP contribution in [-0.2, 0) is 11.2 Å². The summed E-state index contributed by atoms with van der Waals surface area (Å²) in [6, 6.07) is 6.09. The second kappa shape index (κ2) is 4.96. The van der Waals surface area contributed by atoms with Gasteiger partial charge < -0.3 is 14.4 Å². The highest BCUT2D eigenvalue weighted by Gasteiger charge is 2.31. The third kappa shape index (κ3) is 2.57. The molecule has 4 heteroatoms. The Morgan fingerprint density at radius 3 is 2.89 bits per heavy atom. The van der Waals surface area contributed by atoms with E-state index in [2.05, 4.69) is 6.58 Å². The molecule has 1 aromatic rings. The van der Waals surface area contributed by atoms with E-state index in [1.54, 1.807) is 6.08 Å². The van der Waals surface area contributed by atoms with E-state index in [-0.39, 0.29) is 12.7 Å². The van der Waals surface area contributed by atoms with Gasteiger partial charge in [-0.2, -0.15) is 0 Å². The standard InChI is InChI=1S/C15H17NO3/c1-2-7-16(12-4-5-12)15(17)9-11-3-6-13-14(8-11)19-10-18-13/h2-3,6,8,12H,1,4-5,7,9-10H2. The van der Waals surface area contributed by atoms with Gasteiger partial charge in [0.1, 0.15) is 0 Å². The summed E-state index contributed by atoms with van der Waals surface area (Å²) >= 11 is 0. The van der Waals surface area contributed by atoms with Gasteiger partial charge in [0.2, 0.25) is 12.7 Å². The maximum atomic E-state index is 12.3. The Morgan fingerprint density at radius 1 is 1.37 bits per heavy atom. The number of hydrogen-bond donors (Lipinski definition) is 0.